The largest absolute Gasteiger partial charge is 0.494 e. The lowest BCUT2D eigenvalue weighted by molar-refractivity contribution is -0.131. The number of hydrogen-bond donors (Lipinski definition) is 2. The molecule has 1 amide bonds. The molecule has 0 saturated carbocycles. The van der Waals surface area contributed by atoms with E-state index in [0.29, 0.717) is 29.2 Å². The molecule has 5 heteroatoms. The van der Waals surface area contributed by atoms with E-state index in [-0.39, 0.29) is 5.91 Å². The van der Waals surface area contributed by atoms with Crippen LogP contribution < -0.4 is 10.1 Å². The number of carboxylic acids is 1. The highest BCUT2D eigenvalue weighted by atomic mass is 16.5. The molecule has 0 fully saturated rings. The van der Waals surface area contributed by atoms with Gasteiger partial charge in [-0.05, 0) is 55.0 Å². The molecule has 118 valence electrons. The van der Waals surface area contributed by atoms with E-state index in [9.17, 15) is 9.59 Å². The highest BCUT2D eigenvalue weighted by molar-refractivity contribution is 6.04. The quantitative estimate of drug-likeness (QED) is 0.801. The van der Waals surface area contributed by atoms with Crippen LogP contribution in [0, 0.1) is 0 Å². The number of anilines is 1. The Bertz CT molecular complexity index is 720. The van der Waals surface area contributed by atoms with Crippen LogP contribution in [0.2, 0.25) is 0 Å². The lowest BCUT2D eigenvalue weighted by Crippen LogP contribution is -2.11. The first-order chi connectivity index (χ1) is 11.1. The zero-order chi connectivity index (χ0) is 16.7. The number of rotatable bonds is 6. The second-order valence-corrected chi connectivity index (χ2v) is 4.71. The number of amides is 1. The van der Waals surface area contributed by atoms with Crippen LogP contribution in [0.15, 0.2) is 54.6 Å². The summed E-state index contributed by atoms with van der Waals surface area (Å²) in [5.74, 6) is -0.550. The van der Waals surface area contributed by atoms with Crippen molar-refractivity contribution in [3.8, 4) is 5.75 Å². The summed E-state index contributed by atoms with van der Waals surface area (Å²) in [5, 5.41) is 11.4. The number of carboxylic acid groups (broad SMARTS) is 1. The van der Waals surface area contributed by atoms with Gasteiger partial charge in [-0.3, -0.25) is 4.79 Å². The van der Waals surface area contributed by atoms with Crippen LogP contribution >= 0.6 is 0 Å². The van der Waals surface area contributed by atoms with Crippen LogP contribution in [0.4, 0.5) is 5.69 Å². The van der Waals surface area contributed by atoms with Gasteiger partial charge in [-0.15, -0.1) is 0 Å². The van der Waals surface area contributed by atoms with Gasteiger partial charge in [-0.25, -0.2) is 4.79 Å². The third-order valence-electron chi connectivity index (χ3n) is 2.99. The fraction of sp³-hybridized carbons (Fsp3) is 0.111. The normalized spacial score (nSPS) is 10.5. The third kappa shape index (κ3) is 5.00. The molecule has 2 N–H and O–H groups in total. The predicted molar refractivity (Wildman–Crippen MR) is 88.7 cm³/mol. The summed E-state index contributed by atoms with van der Waals surface area (Å²) in [6.07, 6.45) is 2.52. The van der Waals surface area contributed by atoms with E-state index in [4.69, 9.17) is 9.84 Å². The molecule has 0 atom stereocenters. The second kappa shape index (κ2) is 7.79. The molecule has 0 unspecified atom stereocenters. The molecule has 0 saturated heterocycles. The van der Waals surface area contributed by atoms with E-state index in [2.05, 4.69) is 5.32 Å². The van der Waals surface area contributed by atoms with Crippen molar-refractivity contribution in [3.63, 3.8) is 0 Å². The lowest BCUT2D eigenvalue weighted by atomic mass is 10.1. The zero-order valence-electron chi connectivity index (χ0n) is 12.7. The molecule has 0 aromatic heterocycles. The van der Waals surface area contributed by atoms with Gasteiger partial charge in [0.05, 0.1) is 6.61 Å². The van der Waals surface area contributed by atoms with Gasteiger partial charge in [0.25, 0.3) is 5.91 Å². The standard InChI is InChI=1S/C18H17NO4/c1-2-23-16-9-7-14(8-10-16)18(22)19-15-5-3-4-13(12-15)6-11-17(20)21/h3-12H,2H2,1H3,(H,19,22)(H,20,21)/b11-6+. The SMILES string of the molecule is CCOc1ccc(C(=O)Nc2cccc(/C=C/C(=O)O)c2)cc1. The van der Waals surface area contributed by atoms with Crippen molar-refractivity contribution in [2.45, 2.75) is 6.92 Å². The molecule has 0 spiro atoms. The van der Waals surface area contributed by atoms with Gasteiger partial charge in [0, 0.05) is 17.3 Å². The average Bonchev–Trinajstić information content (AvgIpc) is 2.54. The number of carbonyl (C=O) groups excluding carboxylic acids is 1. The highest BCUT2D eigenvalue weighted by Gasteiger charge is 2.06. The highest BCUT2D eigenvalue weighted by Crippen LogP contribution is 2.16. The van der Waals surface area contributed by atoms with Crippen LogP contribution in [0.3, 0.4) is 0 Å². The maximum atomic E-state index is 12.2. The molecule has 2 aromatic rings. The van der Waals surface area contributed by atoms with Gasteiger partial charge in [-0.2, -0.15) is 0 Å². The van der Waals surface area contributed by atoms with Crippen LogP contribution in [0.1, 0.15) is 22.8 Å². The molecule has 23 heavy (non-hydrogen) atoms. The average molecular weight is 311 g/mol. The summed E-state index contributed by atoms with van der Waals surface area (Å²) in [5.41, 5.74) is 1.80. The summed E-state index contributed by atoms with van der Waals surface area (Å²) in [6, 6.07) is 13.8. The van der Waals surface area contributed by atoms with Crippen molar-refractivity contribution >= 4 is 23.6 Å². The molecule has 0 heterocycles. The first-order valence-electron chi connectivity index (χ1n) is 7.14. The molecule has 0 bridgehead atoms. The van der Waals surface area contributed by atoms with Crippen molar-refractivity contribution in [3.05, 3.63) is 65.7 Å². The van der Waals surface area contributed by atoms with Gasteiger partial charge < -0.3 is 15.2 Å². The summed E-state index contributed by atoms with van der Waals surface area (Å²) in [4.78, 5) is 22.7. The number of carbonyl (C=O) groups is 2. The Labute approximate surface area is 134 Å². The van der Waals surface area contributed by atoms with Crippen molar-refractivity contribution in [2.75, 3.05) is 11.9 Å². The minimum absolute atomic E-state index is 0.243. The van der Waals surface area contributed by atoms with E-state index in [1.54, 1.807) is 48.5 Å². The van der Waals surface area contributed by atoms with Crippen LogP contribution in [0.25, 0.3) is 6.08 Å². The van der Waals surface area contributed by atoms with Crippen molar-refractivity contribution < 1.29 is 19.4 Å². The molecule has 2 rings (SSSR count). The van der Waals surface area contributed by atoms with Crippen LogP contribution in [-0.4, -0.2) is 23.6 Å². The first kappa shape index (κ1) is 16.3. The van der Waals surface area contributed by atoms with E-state index in [0.717, 1.165) is 6.08 Å². The Morgan fingerprint density at radius 1 is 1.17 bits per heavy atom. The molecular formula is C18H17NO4. The molecule has 0 radical (unpaired) electrons. The van der Waals surface area contributed by atoms with Gasteiger partial charge in [0.1, 0.15) is 5.75 Å². The van der Waals surface area contributed by atoms with E-state index < -0.39 is 5.97 Å². The maximum Gasteiger partial charge on any atom is 0.328 e. The van der Waals surface area contributed by atoms with Crippen molar-refractivity contribution in [2.24, 2.45) is 0 Å². The lowest BCUT2D eigenvalue weighted by Gasteiger charge is -2.07. The minimum Gasteiger partial charge on any atom is -0.494 e. The summed E-state index contributed by atoms with van der Waals surface area (Å²) >= 11 is 0. The topological polar surface area (TPSA) is 75.6 Å². The van der Waals surface area contributed by atoms with Gasteiger partial charge in [0.15, 0.2) is 0 Å². The second-order valence-electron chi connectivity index (χ2n) is 4.71. The summed E-state index contributed by atoms with van der Waals surface area (Å²) < 4.78 is 5.33. The van der Waals surface area contributed by atoms with Crippen LogP contribution in [-0.2, 0) is 4.79 Å². The fourth-order valence-electron chi connectivity index (χ4n) is 1.96. The maximum absolute atomic E-state index is 12.2. The van der Waals surface area contributed by atoms with E-state index in [1.165, 1.54) is 6.08 Å². The predicted octanol–water partition coefficient (Wildman–Crippen LogP) is 3.44. The summed E-state index contributed by atoms with van der Waals surface area (Å²) in [7, 11) is 0. The number of ether oxygens (including phenoxy) is 1. The third-order valence-corrected chi connectivity index (χ3v) is 2.99. The Kier molecular flexibility index (Phi) is 5.52. The minimum atomic E-state index is -1.02. The molecule has 5 nitrogen and oxygen atoms in total. The van der Waals surface area contributed by atoms with Crippen molar-refractivity contribution in [1.29, 1.82) is 0 Å². The van der Waals surface area contributed by atoms with Crippen molar-refractivity contribution in [1.82, 2.24) is 0 Å². The zero-order valence-corrected chi connectivity index (χ0v) is 12.7. The van der Waals surface area contributed by atoms with Gasteiger partial charge in [0.2, 0.25) is 0 Å². The number of aliphatic carboxylic acids is 1. The van der Waals surface area contributed by atoms with E-state index in [1.807, 2.05) is 6.92 Å². The molecule has 2 aromatic carbocycles. The number of hydrogen-bond acceptors (Lipinski definition) is 3. The number of nitrogens with one attached hydrogen (secondary N) is 1. The Balaban J connectivity index is 2.07. The molecule has 0 aliphatic rings. The summed E-state index contributed by atoms with van der Waals surface area (Å²) in [6.45, 7) is 2.47. The Morgan fingerprint density at radius 2 is 1.91 bits per heavy atom. The van der Waals surface area contributed by atoms with Gasteiger partial charge >= 0.3 is 5.97 Å². The molecule has 0 aliphatic heterocycles. The molecule has 0 aliphatic carbocycles. The Morgan fingerprint density at radius 3 is 2.57 bits per heavy atom. The first-order valence-corrected chi connectivity index (χ1v) is 7.14. The van der Waals surface area contributed by atoms with Gasteiger partial charge in [-0.1, -0.05) is 12.1 Å². The monoisotopic (exact) mass is 311 g/mol. The van der Waals surface area contributed by atoms with Crippen LogP contribution in [0.5, 0.6) is 5.75 Å². The Hall–Kier alpha value is -3.08. The molecular weight excluding hydrogens is 294 g/mol. The van der Waals surface area contributed by atoms with E-state index >= 15 is 0 Å². The number of benzene rings is 2. The fourth-order valence-corrected chi connectivity index (χ4v) is 1.96. The smallest absolute Gasteiger partial charge is 0.328 e.